The van der Waals surface area contributed by atoms with Gasteiger partial charge in [0.05, 0.1) is 11.9 Å². The third kappa shape index (κ3) is 7.33. The van der Waals surface area contributed by atoms with Crippen molar-refractivity contribution in [3.8, 4) is 11.5 Å². The molecule has 0 heterocycles. The van der Waals surface area contributed by atoms with Crippen molar-refractivity contribution >= 4 is 27.5 Å². The molecule has 0 aliphatic carbocycles. The maximum atomic E-state index is 13.6. The van der Waals surface area contributed by atoms with Crippen LogP contribution >= 0.6 is 0 Å². The Labute approximate surface area is 218 Å². The average Bonchev–Trinajstić information content (AvgIpc) is 2.88. The summed E-state index contributed by atoms with van der Waals surface area (Å²) < 4.78 is 32.3. The number of aryl methyl sites for hydroxylation is 1. The molecular weight excluding hydrogens is 490 g/mol. The molecule has 0 saturated heterocycles. The highest BCUT2D eigenvalue weighted by Gasteiger charge is 2.31. The van der Waals surface area contributed by atoms with Crippen LogP contribution in [0.5, 0.6) is 11.5 Å². The van der Waals surface area contributed by atoms with Crippen molar-refractivity contribution < 1.29 is 22.7 Å². The summed E-state index contributed by atoms with van der Waals surface area (Å²) in [5.41, 5.74) is 2.17. The number of nitrogens with zero attached hydrogens (tertiary/aromatic N) is 2. The fraction of sp³-hybridized carbons (Fsp3) is 0.286. The van der Waals surface area contributed by atoms with Gasteiger partial charge in [0.15, 0.2) is 0 Å². The second kappa shape index (κ2) is 12.4. The topological polar surface area (TPSA) is 96.0 Å². The van der Waals surface area contributed by atoms with Gasteiger partial charge in [0.2, 0.25) is 21.8 Å². The second-order valence-electron chi connectivity index (χ2n) is 8.67. The molecule has 1 N–H and O–H groups in total. The van der Waals surface area contributed by atoms with E-state index in [1.54, 1.807) is 24.3 Å². The van der Waals surface area contributed by atoms with Crippen LogP contribution < -0.4 is 14.4 Å². The van der Waals surface area contributed by atoms with Crippen LogP contribution in [0.1, 0.15) is 24.5 Å². The molecule has 3 aromatic carbocycles. The van der Waals surface area contributed by atoms with E-state index in [1.807, 2.05) is 68.4 Å². The van der Waals surface area contributed by atoms with Crippen molar-refractivity contribution in [3.05, 3.63) is 90.0 Å². The minimum atomic E-state index is -3.81. The van der Waals surface area contributed by atoms with Crippen molar-refractivity contribution in [2.24, 2.45) is 0 Å². The van der Waals surface area contributed by atoms with Crippen LogP contribution in [0.4, 0.5) is 5.69 Å². The number of benzene rings is 3. The molecule has 3 aromatic rings. The summed E-state index contributed by atoms with van der Waals surface area (Å²) in [4.78, 5) is 27.7. The Morgan fingerprint density at radius 2 is 1.51 bits per heavy atom. The first kappa shape index (κ1) is 27.7. The molecule has 1 atom stereocenters. The number of hydrogen-bond donors (Lipinski definition) is 1. The van der Waals surface area contributed by atoms with Crippen molar-refractivity contribution in [1.82, 2.24) is 10.2 Å². The highest BCUT2D eigenvalue weighted by atomic mass is 32.2. The van der Waals surface area contributed by atoms with Gasteiger partial charge in [-0.25, -0.2) is 8.42 Å². The molecule has 0 fully saturated rings. The van der Waals surface area contributed by atoms with Gasteiger partial charge in [-0.1, -0.05) is 49.4 Å². The minimum absolute atomic E-state index is 0.179. The molecule has 0 radical (unpaired) electrons. The molecule has 37 heavy (non-hydrogen) atoms. The number of anilines is 1. The third-order valence-corrected chi connectivity index (χ3v) is 7.16. The van der Waals surface area contributed by atoms with Crippen LogP contribution in [0.25, 0.3) is 0 Å². The number of rotatable bonds is 11. The van der Waals surface area contributed by atoms with Crippen LogP contribution in [0, 0.1) is 6.92 Å². The Morgan fingerprint density at radius 1 is 0.919 bits per heavy atom. The van der Waals surface area contributed by atoms with Gasteiger partial charge in [0.25, 0.3) is 0 Å². The summed E-state index contributed by atoms with van der Waals surface area (Å²) in [6.07, 6.45) is 1.43. The summed E-state index contributed by atoms with van der Waals surface area (Å²) in [6, 6.07) is 22.5. The van der Waals surface area contributed by atoms with Crippen LogP contribution in [0.2, 0.25) is 0 Å². The number of para-hydroxylation sites is 1. The summed E-state index contributed by atoms with van der Waals surface area (Å²) in [7, 11) is -2.30. The zero-order valence-corrected chi connectivity index (χ0v) is 22.4. The average molecular weight is 524 g/mol. The minimum Gasteiger partial charge on any atom is -0.457 e. The van der Waals surface area contributed by atoms with E-state index in [0.717, 1.165) is 21.7 Å². The second-order valence-corrected chi connectivity index (χ2v) is 10.6. The SMILES string of the molecule is CC[C@@H](C(=O)NC)N(Cc1ccccc1C)C(=O)CN(c1ccc(Oc2ccccc2)cc1)S(C)(=O)=O. The number of hydrogen-bond acceptors (Lipinski definition) is 5. The summed E-state index contributed by atoms with van der Waals surface area (Å²) in [5.74, 6) is 0.394. The number of sulfonamides is 1. The van der Waals surface area contributed by atoms with Crippen molar-refractivity contribution in [3.63, 3.8) is 0 Å². The van der Waals surface area contributed by atoms with E-state index < -0.39 is 28.5 Å². The maximum absolute atomic E-state index is 13.6. The van der Waals surface area contributed by atoms with E-state index in [9.17, 15) is 18.0 Å². The van der Waals surface area contributed by atoms with E-state index >= 15 is 0 Å². The molecule has 0 aliphatic rings. The van der Waals surface area contributed by atoms with Gasteiger partial charge in [-0.3, -0.25) is 13.9 Å². The zero-order valence-electron chi connectivity index (χ0n) is 21.5. The van der Waals surface area contributed by atoms with E-state index in [1.165, 1.54) is 11.9 Å². The predicted molar refractivity (Wildman–Crippen MR) is 145 cm³/mol. The lowest BCUT2D eigenvalue weighted by molar-refractivity contribution is -0.140. The van der Waals surface area contributed by atoms with Gasteiger partial charge in [0, 0.05) is 13.6 Å². The van der Waals surface area contributed by atoms with E-state index in [4.69, 9.17) is 4.74 Å². The third-order valence-electron chi connectivity index (χ3n) is 6.02. The fourth-order valence-corrected chi connectivity index (χ4v) is 4.83. The van der Waals surface area contributed by atoms with Crippen molar-refractivity contribution in [2.45, 2.75) is 32.9 Å². The Morgan fingerprint density at radius 3 is 2.08 bits per heavy atom. The van der Waals surface area contributed by atoms with Crippen LogP contribution in [0.3, 0.4) is 0 Å². The molecular formula is C28H33N3O5S. The number of carbonyl (C=O) groups excluding carboxylic acids is 2. The predicted octanol–water partition coefficient (Wildman–Crippen LogP) is 4.11. The molecule has 196 valence electrons. The highest BCUT2D eigenvalue weighted by molar-refractivity contribution is 7.92. The van der Waals surface area contributed by atoms with Crippen molar-refractivity contribution in [2.75, 3.05) is 24.2 Å². The first-order valence-corrected chi connectivity index (χ1v) is 13.8. The molecule has 9 heteroatoms. The smallest absolute Gasteiger partial charge is 0.244 e. The number of likely N-dealkylation sites (N-methyl/N-ethyl adjacent to an activating group) is 1. The molecule has 0 spiro atoms. The van der Waals surface area contributed by atoms with Gasteiger partial charge in [-0.2, -0.15) is 0 Å². The lowest BCUT2D eigenvalue weighted by Crippen LogP contribution is -2.51. The van der Waals surface area contributed by atoms with E-state index in [-0.39, 0.29) is 12.5 Å². The van der Waals surface area contributed by atoms with E-state index in [0.29, 0.717) is 23.6 Å². The molecule has 8 nitrogen and oxygen atoms in total. The molecule has 0 aliphatic heterocycles. The first-order valence-electron chi connectivity index (χ1n) is 12.0. The Hall–Kier alpha value is -3.85. The van der Waals surface area contributed by atoms with Crippen LogP contribution in [-0.2, 0) is 26.2 Å². The number of carbonyl (C=O) groups is 2. The summed E-state index contributed by atoms with van der Waals surface area (Å²) >= 11 is 0. The molecule has 0 aromatic heterocycles. The zero-order chi connectivity index (χ0) is 27.0. The number of nitrogens with one attached hydrogen (secondary N) is 1. The first-order chi connectivity index (χ1) is 17.6. The van der Waals surface area contributed by atoms with Gasteiger partial charge in [0.1, 0.15) is 24.1 Å². The standard InChI is InChI=1S/C28H33N3O5S/c1-5-26(28(33)29-3)30(19-22-12-10-9-11-21(22)2)27(32)20-31(37(4,34)35)23-15-17-25(18-16-23)36-24-13-7-6-8-14-24/h6-18,26H,5,19-20H2,1-4H3,(H,29,33)/t26-/m0/s1. The van der Waals surface area contributed by atoms with Gasteiger partial charge in [-0.05, 0) is 60.9 Å². The quantitative estimate of drug-likeness (QED) is 0.408. The monoisotopic (exact) mass is 523 g/mol. The van der Waals surface area contributed by atoms with Crippen molar-refractivity contribution in [1.29, 1.82) is 0 Å². The summed E-state index contributed by atoms with van der Waals surface area (Å²) in [5, 5.41) is 2.61. The highest BCUT2D eigenvalue weighted by Crippen LogP contribution is 2.26. The van der Waals surface area contributed by atoms with Crippen LogP contribution in [0.15, 0.2) is 78.9 Å². The molecule has 0 bridgehead atoms. The lowest BCUT2D eigenvalue weighted by Gasteiger charge is -2.33. The van der Waals surface area contributed by atoms with E-state index in [2.05, 4.69) is 5.32 Å². The number of ether oxygens (including phenoxy) is 1. The maximum Gasteiger partial charge on any atom is 0.244 e. The summed E-state index contributed by atoms with van der Waals surface area (Å²) in [6.45, 7) is 3.48. The Bertz CT molecular complexity index is 1310. The largest absolute Gasteiger partial charge is 0.457 e. The molecule has 3 rings (SSSR count). The molecule has 2 amide bonds. The lowest BCUT2D eigenvalue weighted by atomic mass is 10.1. The molecule has 0 unspecified atom stereocenters. The van der Waals surface area contributed by atoms with Crippen LogP contribution in [-0.4, -0.2) is 51.0 Å². The van der Waals surface area contributed by atoms with Gasteiger partial charge < -0.3 is 15.0 Å². The normalized spacial score (nSPS) is 11.9. The Balaban J connectivity index is 1.89. The van der Waals surface area contributed by atoms with Gasteiger partial charge >= 0.3 is 0 Å². The fourth-order valence-electron chi connectivity index (χ4n) is 3.98. The Kier molecular flexibility index (Phi) is 9.30. The molecule has 0 saturated carbocycles. The van der Waals surface area contributed by atoms with Gasteiger partial charge in [-0.15, -0.1) is 0 Å². The number of amides is 2.